The van der Waals surface area contributed by atoms with Crippen molar-refractivity contribution in [1.29, 1.82) is 0 Å². The number of amides is 1. The topological polar surface area (TPSA) is 59.4 Å². The van der Waals surface area contributed by atoms with Crippen LogP contribution in [0.5, 0.6) is 5.75 Å². The molecule has 0 bridgehead atoms. The zero-order valence-corrected chi connectivity index (χ0v) is 20.4. The van der Waals surface area contributed by atoms with E-state index in [0.717, 1.165) is 72.9 Å². The van der Waals surface area contributed by atoms with Crippen LogP contribution >= 0.6 is 0 Å². The Bertz CT molecular complexity index is 1310. The molecule has 1 aromatic heterocycles. The first-order valence-corrected chi connectivity index (χ1v) is 12.3. The minimum atomic E-state index is -0.0244. The number of likely N-dealkylation sites (tertiary alicyclic amines) is 1. The van der Waals surface area contributed by atoms with Gasteiger partial charge < -0.3 is 14.6 Å². The number of aromatic nitrogens is 2. The van der Waals surface area contributed by atoms with E-state index in [2.05, 4.69) is 45.1 Å². The van der Waals surface area contributed by atoms with Crippen molar-refractivity contribution in [3.8, 4) is 5.75 Å². The summed E-state index contributed by atoms with van der Waals surface area (Å²) in [5, 5.41) is 3.12. The number of hydrogen-bond acceptors (Lipinski definition) is 4. The van der Waals surface area contributed by atoms with Gasteiger partial charge in [0, 0.05) is 18.8 Å². The molecule has 4 aromatic rings. The number of fused-ring (bicyclic) bond motifs is 1. The number of benzene rings is 3. The summed E-state index contributed by atoms with van der Waals surface area (Å²) < 4.78 is 7.61. The van der Waals surface area contributed by atoms with Crippen LogP contribution in [-0.4, -0.2) is 40.6 Å². The second kappa shape index (κ2) is 10.3. The van der Waals surface area contributed by atoms with Crippen LogP contribution in [0.1, 0.15) is 29.8 Å². The standard InChI is InChI=1S/C29H32N4O2/c1-21-7-5-9-24(17-21)30-29(34)23-8-6-16-32(19-23)20-28-31-26-10-3-4-11-27(26)33(28)18-22-12-14-25(35-2)15-13-22/h3-5,7,9-15,17,23H,6,8,16,18-20H2,1-2H3,(H,30,34)/t23-/m0/s1. The number of carbonyl (C=O) groups is 1. The lowest BCUT2D eigenvalue weighted by molar-refractivity contribution is -0.121. The number of carbonyl (C=O) groups excluding carboxylic acids is 1. The van der Waals surface area contributed by atoms with Gasteiger partial charge in [-0.2, -0.15) is 0 Å². The minimum absolute atomic E-state index is 0.0244. The molecular weight excluding hydrogens is 436 g/mol. The Labute approximate surface area is 206 Å². The predicted octanol–water partition coefficient (Wildman–Crippen LogP) is 5.25. The number of hydrogen-bond donors (Lipinski definition) is 1. The Kier molecular flexibility index (Phi) is 6.82. The number of nitrogens with zero attached hydrogens (tertiary/aromatic N) is 3. The van der Waals surface area contributed by atoms with Gasteiger partial charge in [-0.25, -0.2) is 4.98 Å². The summed E-state index contributed by atoms with van der Waals surface area (Å²) >= 11 is 0. The highest BCUT2D eigenvalue weighted by Gasteiger charge is 2.27. The molecular formula is C29H32N4O2. The van der Waals surface area contributed by atoms with E-state index >= 15 is 0 Å². The van der Waals surface area contributed by atoms with Gasteiger partial charge in [0.2, 0.25) is 5.91 Å². The molecule has 1 aliphatic heterocycles. The molecule has 6 nitrogen and oxygen atoms in total. The van der Waals surface area contributed by atoms with Crippen molar-refractivity contribution in [2.45, 2.75) is 32.9 Å². The van der Waals surface area contributed by atoms with Crippen molar-refractivity contribution in [3.63, 3.8) is 0 Å². The van der Waals surface area contributed by atoms with Crippen molar-refractivity contribution in [1.82, 2.24) is 14.5 Å². The second-order valence-electron chi connectivity index (χ2n) is 9.38. The minimum Gasteiger partial charge on any atom is -0.497 e. The van der Waals surface area contributed by atoms with E-state index in [9.17, 15) is 4.79 Å². The van der Waals surface area contributed by atoms with Crippen LogP contribution in [0.15, 0.2) is 72.8 Å². The fourth-order valence-corrected chi connectivity index (χ4v) is 4.92. The average Bonchev–Trinajstić information content (AvgIpc) is 3.21. The van der Waals surface area contributed by atoms with E-state index in [1.165, 1.54) is 5.56 Å². The number of methoxy groups -OCH3 is 1. The summed E-state index contributed by atoms with van der Waals surface area (Å²) in [6.45, 7) is 5.21. The van der Waals surface area contributed by atoms with Crippen LogP contribution in [0.3, 0.4) is 0 Å². The molecule has 6 heteroatoms. The fraction of sp³-hybridized carbons (Fsp3) is 0.310. The third-order valence-electron chi connectivity index (χ3n) is 6.76. The Morgan fingerprint density at radius 3 is 2.69 bits per heavy atom. The number of rotatable bonds is 7. The van der Waals surface area contributed by atoms with Gasteiger partial charge in [-0.05, 0) is 73.8 Å². The monoisotopic (exact) mass is 468 g/mol. The molecule has 1 fully saturated rings. The van der Waals surface area contributed by atoms with Crippen molar-refractivity contribution < 1.29 is 9.53 Å². The highest BCUT2D eigenvalue weighted by molar-refractivity contribution is 5.92. The number of para-hydroxylation sites is 2. The maximum atomic E-state index is 13.0. The van der Waals surface area contributed by atoms with Crippen molar-refractivity contribution >= 4 is 22.6 Å². The Balaban J connectivity index is 1.33. The van der Waals surface area contributed by atoms with Gasteiger partial charge in [-0.15, -0.1) is 0 Å². The van der Waals surface area contributed by atoms with Crippen LogP contribution < -0.4 is 10.1 Å². The SMILES string of the molecule is COc1ccc(Cn2c(CN3CCC[C@H](C(=O)Nc4cccc(C)c4)C3)nc3ccccc32)cc1. The van der Waals surface area contributed by atoms with Crippen LogP contribution in [0, 0.1) is 12.8 Å². The highest BCUT2D eigenvalue weighted by atomic mass is 16.5. The summed E-state index contributed by atoms with van der Waals surface area (Å²) in [4.78, 5) is 20.4. The van der Waals surface area contributed by atoms with Gasteiger partial charge in [-0.1, -0.05) is 36.4 Å². The first kappa shape index (κ1) is 23.1. The van der Waals surface area contributed by atoms with Gasteiger partial charge in [0.15, 0.2) is 0 Å². The van der Waals surface area contributed by atoms with Crippen LogP contribution in [0.25, 0.3) is 11.0 Å². The molecule has 0 saturated carbocycles. The number of imidazole rings is 1. The van der Waals surface area contributed by atoms with E-state index in [-0.39, 0.29) is 11.8 Å². The molecule has 1 amide bonds. The molecule has 0 radical (unpaired) electrons. The lowest BCUT2D eigenvalue weighted by atomic mass is 9.97. The zero-order valence-electron chi connectivity index (χ0n) is 20.4. The van der Waals surface area contributed by atoms with Gasteiger partial charge in [0.25, 0.3) is 0 Å². The fourth-order valence-electron chi connectivity index (χ4n) is 4.92. The van der Waals surface area contributed by atoms with E-state index in [1.54, 1.807) is 7.11 Å². The Hall–Kier alpha value is -3.64. The normalized spacial score (nSPS) is 16.3. The van der Waals surface area contributed by atoms with Gasteiger partial charge in [0.05, 0.1) is 30.6 Å². The first-order chi connectivity index (χ1) is 17.1. The lowest BCUT2D eigenvalue weighted by Crippen LogP contribution is -2.40. The van der Waals surface area contributed by atoms with Crippen LogP contribution in [0.4, 0.5) is 5.69 Å². The van der Waals surface area contributed by atoms with Crippen molar-refractivity contribution in [2.75, 3.05) is 25.5 Å². The summed E-state index contributed by atoms with van der Waals surface area (Å²) in [6.07, 6.45) is 1.92. The second-order valence-corrected chi connectivity index (χ2v) is 9.38. The molecule has 3 aromatic carbocycles. The van der Waals surface area contributed by atoms with Crippen molar-refractivity contribution in [3.05, 3.63) is 89.7 Å². The number of aryl methyl sites for hydroxylation is 1. The number of ether oxygens (including phenoxy) is 1. The first-order valence-electron chi connectivity index (χ1n) is 12.3. The molecule has 1 saturated heterocycles. The number of nitrogens with one attached hydrogen (secondary N) is 1. The molecule has 5 rings (SSSR count). The zero-order chi connectivity index (χ0) is 24.2. The molecule has 1 N–H and O–H groups in total. The Morgan fingerprint density at radius 1 is 1.06 bits per heavy atom. The summed E-state index contributed by atoms with van der Waals surface area (Å²) in [7, 11) is 1.68. The number of piperidine rings is 1. The lowest BCUT2D eigenvalue weighted by Gasteiger charge is -2.31. The van der Waals surface area contributed by atoms with Crippen LogP contribution in [-0.2, 0) is 17.9 Å². The largest absolute Gasteiger partial charge is 0.497 e. The summed E-state index contributed by atoms with van der Waals surface area (Å²) in [5.74, 6) is 1.96. The molecule has 0 unspecified atom stereocenters. The molecule has 35 heavy (non-hydrogen) atoms. The van der Waals surface area contributed by atoms with E-state index < -0.39 is 0 Å². The molecule has 180 valence electrons. The highest BCUT2D eigenvalue weighted by Crippen LogP contribution is 2.24. The van der Waals surface area contributed by atoms with Gasteiger partial charge in [-0.3, -0.25) is 9.69 Å². The molecule has 0 spiro atoms. The maximum Gasteiger partial charge on any atom is 0.228 e. The van der Waals surface area contributed by atoms with E-state index in [1.807, 2.05) is 49.4 Å². The van der Waals surface area contributed by atoms with Crippen molar-refractivity contribution in [2.24, 2.45) is 5.92 Å². The van der Waals surface area contributed by atoms with E-state index in [4.69, 9.17) is 9.72 Å². The molecule has 1 atom stereocenters. The smallest absolute Gasteiger partial charge is 0.228 e. The third-order valence-corrected chi connectivity index (χ3v) is 6.76. The van der Waals surface area contributed by atoms with Gasteiger partial charge >= 0.3 is 0 Å². The van der Waals surface area contributed by atoms with E-state index in [0.29, 0.717) is 0 Å². The number of anilines is 1. The molecule has 1 aliphatic rings. The maximum absolute atomic E-state index is 13.0. The average molecular weight is 469 g/mol. The quantitative estimate of drug-likeness (QED) is 0.402. The third kappa shape index (κ3) is 5.38. The van der Waals surface area contributed by atoms with Gasteiger partial charge in [0.1, 0.15) is 11.6 Å². The summed E-state index contributed by atoms with van der Waals surface area (Å²) in [5.41, 5.74) is 5.34. The predicted molar refractivity (Wildman–Crippen MR) is 140 cm³/mol. The van der Waals surface area contributed by atoms with Crippen LogP contribution in [0.2, 0.25) is 0 Å². The summed E-state index contributed by atoms with van der Waals surface area (Å²) in [6, 6.07) is 24.5. The Morgan fingerprint density at radius 2 is 1.89 bits per heavy atom. The molecule has 0 aliphatic carbocycles. The molecule has 2 heterocycles.